The summed E-state index contributed by atoms with van der Waals surface area (Å²) in [5.41, 5.74) is 5.21. The van der Waals surface area contributed by atoms with Crippen molar-refractivity contribution in [3.05, 3.63) is 46.5 Å². The second-order valence-corrected chi connectivity index (χ2v) is 7.47. The molecule has 1 aromatic carbocycles. The van der Waals surface area contributed by atoms with Gasteiger partial charge in [0.2, 0.25) is 5.91 Å². The maximum absolute atomic E-state index is 11.9. The molecule has 1 amide bonds. The fourth-order valence-electron chi connectivity index (χ4n) is 3.19. The van der Waals surface area contributed by atoms with E-state index < -0.39 is 4.92 Å². The first-order valence-corrected chi connectivity index (χ1v) is 9.32. The molecule has 25 heavy (non-hydrogen) atoms. The number of hydrogen-bond acceptors (Lipinski definition) is 5. The van der Waals surface area contributed by atoms with Gasteiger partial charge in [-0.3, -0.25) is 25.8 Å². The number of rotatable bonds is 5. The van der Waals surface area contributed by atoms with Gasteiger partial charge in [-0.2, -0.15) is 0 Å². The minimum Gasteiger partial charge on any atom is -0.358 e. The zero-order chi connectivity index (χ0) is 17.8. The van der Waals surface area contributed by atoms with E-state index in [1.165, 1.54) is 12.5 Å². The Balaban J connectivity index is 1.40. The maximum atomic E-state index is 11.9. The fraction of sp³-hybridized carbons (Fsp3) is 0.375. The highest BCUT2D eigenvalue weighted by Gasteiger charge is 2.35. The molecule has 7 nitrogen and oxygen atoms in total. The Morgan fingerprint density at radius 1 is 1.28 bits per heavy atom. The van der Waals surface area contributed by atoms with Gasteiger partial charge >= 0.3 is 0 Å². The van der Waals surface area contributed by atoms with Crippen molar-refractivity contribution >= 4 is 40.7 Å². The van der Waals surface area contributed by atoms with Crippen LogP contribution < -0.4 is 16.2 Å². The number of para-hydroxylation sites is 1. The van der Waals surface area contributed by atoms with E-state index in [1.54, 1.807) is 18.2 Å². The molecule has 1 fully saturated rings. The first-order valence-electron chi connectivity index (χ1n) is 7.93. The van der Waals surface area contributed by atoms with Crippen molar-refractivity contribution in [3.63, 3.8) is 0 Å². The highest BCUT2D eigenvalue weighted by Crippen LogP contribution is 2.38. The Hall–Kier alpha value is -2.13. The Kier molecular flexibility index (Phi) is 5.54. The molecule has 3 rings (SSSR count). The molecule has 3 N–H and O–H groups in total. The van der Waals surface area contributed by atoms with Crippen molar-refractivity contribution in [2.45, 2.75) is 23.8 Å². The number of amides is 1. The normalized spacial score (nSPS) is 23.3. The number of fused-ring (bicyclic) bond motifs is 2. The van der Waals surface area contributed by atoms with Crippen LogP contribution >= 0.6 is 24.0 Å². The van der Waals surface area contributed by atoms with Gasteiger partial charge in [0, 0.05) is 12.1 Å². The van der Waals surface area contributed by atoms with E-state index in [2.05, 4.69) is 28.3 Å². The Morgan fingerprint density at radius 2 is 2.08 bits per heavy atom. The molecule has 0 saturated heterocycles. The van der Waals surface area contributed by atoms with Crippen LogP contribution in [0.25, 0.3) is 0 Å². The third kappa shape index (κ3) is 4.49. The lowest BCUT2D eigenvalue weighted by Gasteiger charge is -2.21. The molecular weight excluding hydrogens is 360 g/mol. The summed E-state index contributed by atoms with van der Waals surface area (Å²) < 4.78 is 0. The van der Waals surface area contributed by atoms with Gasteiger partial charge in [0.1, 0.15) is 0 Å². The van der Waals surface area contributed by atoms with Gasteiger partial charge in [0.05, 0.1) is 15.6 Å². The quantitative estimate of drug-likeness (QED) is 0.237. The van der Waals surface area contributed by atoms with E-state index in [0.717, 1.165) is 18.2 Å². The first-order chi connectivity index (χ1) is 12.0. The molecule has 0 unspecified atom stereocenters. The molecule has 0 aromatic heterocycles. The monoisotopic (exact) mass is 378 g/mol. The zero-order valence-corrected chi connectivity index (χ0v) is 14.9. The van der Waals surface area contributed by atoms with Gasteiger partial charge in [-0.05, 0) is 43.0 Å². The SMILES string of the molecule is O=C(CSc1ccccc1[N+](=O)[O-])NNC(=S)N[C@@H]1C[C@@H]2C=C[C@@H]1C2. The van der Waals surface area contributed by atoms with E-state index in [4.69, 9.17) is 12.2 Å². The van der Waals surface area contributed by atoms with E-state index in [-0.39, 0.29) is 17.3 Å². The molecule has 3 atom stereocenters. The molecule has 1 aromatic rings. The largest absolute Gasteiger partial charge is 0.358 e. The topological polar surface area (TPSA) is 96.3 Å². The van der Waals surface area contributed by atoms with Gasteiger partial charge < -0.3 is 5.32 Å². The highest BCUT2D eigenvalue weighted by atomic mass is 32.2. The van der Waals surface area contributed by atoms with Crippen LogP contribution in [0, 0.1) is 22.0 Å². The van der Waals surface area contributed by atoms with Gasteiger partial charge in [-0.25, -0.2) is 0 Å². The van der Waals surface area contributed by atoms with Crippen molar-refractivity contribution in [2.24, 2.45) is 11.8 Å². The number of nitrogens with one attached hydrogen (secondary N) is 3. The minimum absolute atomic E-state index is 0.00483. The molecule has 0 aliphatic heterocycles. The summed E-state index contributed by atoms with van der Waals surface area (Å²) in [7, 11) is 0. The van der Waals surface area contributed by atoms with Gasteiger partial charge in [-0.1, -0.05) is 24.3 Å². The lowest BCUT2D eigenvalue weighted by Crippen LogP contribution is -2.50. The standard InChI is InChI=1S/C16H18N4O3S2/c21-15(9-25-14-4-2-1-3-13(14)20(22)23)18-19-16(24)17-12-8-10-5-6-11(12)7-10/h1-6,10-12H,7-9H2,(H,18,21)(H2,17,19,24)/t10-,11-,12-/m1/s1. The van der Waals surface area contributed by atoms with Crippen LogP contribution in [0.5, 0.6) is 0 Å². The Morgan fingerprint density at radius 3 is 2.76 bits per heavy atom. The number of benzene rings is 1. The molecule has 2 aliphatic carbocycles. The number of carbonyl (C=O) groups is 1. The molecule has 1 saturated carbocycles. The second-order valence-electron chi connectivity index (χ2n) is 6.05. The number of carbonyl (C=O) groups excluding carboxylic acids is 1. The summed E-state index contributed by atoms with van der Waals surface area (Å²) in [6.07, 6.45) is 6.70. The van der Waals surface area contributed by atoms with E-state index in [1.807, 2.05) is 0 Å². The number of hydrogen-bond donors (Lipinski definition) is 3. The molecular formula is C16H18N4O3S2. The van der Waals surface area contributed by atoms with Crippen LogP contribution in [-0.2, 0) is 4.79 Å². The zero-order valence-electron chi connectivity index (χ0n) is 13.3. The number of thiocarbonyl (C=S) groups is 1. The average Bonchev–Trinajstić information content (AvgIpc) is 3.21. The number of nitrogens with zero attached hydrogens (tertiary/aromatic N) is 1. The molecule has 0 radical (unpaired) electrons. The van der Waals surface area contributed by atoms with E-state index in [0.29, 0.717) is 27.9 Å². The van der Waals surface area contributed by atoms with Gasteiger partial charge in [-0.15, -0.1) is 11.8 Å². The number of allylic oxidation sites excluding steroid dienone is 1. The molecule has 2 aliphatic rings. The third-order valence-electron chi connectivity index (χ3n) is 4.33. The highest BCUT2D eigenvalue weighted by molar-refractivity contribution is 8.00. The van der Waals surface area contributed by atoms with Crippen molar-refractivity contribution in [2.75, 3.05) is 5.75 Å². The number of nitro benzene ring substituents is 1. The second kappa shape index (κ2) is 7.83. The van der Waals surface area contributed by atoms with Crippen molar-refractivity contribution in [1.29, 1.82) is 0 Å². The summed E-state index contributed by atoms with van der Waals surface area (Å²) in [5, 5.41) is 14.6. The number of hydrazine groups is 1. The van der Waals surface area contributed by atoms with Gasteiger partial charge in [0.15, 0.2) is 5.11 Å². The van der Waals surface area contributed by atoms with Crippen molar-refractivity contribution in [1.82, 2.24) is 16.2 Å². The molecule has 0 heterocycles. The van der Waals surface area contributed by atoms with E-state index in [9.17, 15) is 14.9 Å². The molecule has 9 heteroatoms. The Labute approximate surface area is 154 Å². The van der Waals surface area contributed by atoms with Crippen LogP contribution in [0.15, 0.2) is 41.3 Å². The number of nitro groups is 1. The average molecular weight is 378 g/mol. The summed E-state index contributed by atoms with van der Waals surface area (Å²) in [6.45, 7) is 0. The van der Waals surface area contributed by atoms with Crippen LogP contribution in [0.2, 0.25) is 0 Å². The van der Waals surface area contributed by atoms with Crippen LogP contribution in [0.1, 0.15) is 12.8 Å². The van der Waals surface area contributed by atoms with Crippen LogP contribution in [0.3, 0.4) is 0 Å². The lowest BCUT2D eigenvalue weighted by atomic mass is 10.0. The van der Waals surface area contributed by atoms with Crippen LogP contribution in [-0.4, -0.2) is 27.7 Å². The third-order valence-corrected chi connectivity index (χ3v) is 5.61. The molecule has 2 bridgehead atoms. The molecule has 0 spiro atoms. The van der Waals surface area contributed by atoms with Crippen molar-refractivity contribution < 1.29 is 9.72 Å². The minimum atomic E-state index is -0.457. The first kappa shape index (κ1) is 17.7. The maximum Gasteiger partial charge on any atom is 0.282 e. The van der Waals surface area contributed by atoms with E-state index >= 15 is 0 Å². The van der Waals surface area contributed by atoms with Gasteiger partial charge in [0.25, 0.3) is 5.69 Å². The smallest absolute Gasteiger partial charge is 0.282 e. The lowest BCUT2D eigenvalue weighted by molar-refractivity contribution is -0.387. The summed E-state index contributed by atoms with van der Waals surface area (Å²) in [6, 6.07) is 6.65. The summed E-state index contributed by atoms with van der Waals surface area (Å²) in [4.78, 5) is 22.9. The number of thioether (sulfide) groups is 1. The van der Waals surface area contributed by atoms with Crippen molar-refractivity contribution in [3.8, 4) is 0 Å². The predicted octanol–water partition coefficient (Wildman–Crippen LogP) is 2.15. The molecule has 132 valence electrons. The predicted molar refractivity (Wildman–Crippen MR) is 100.0 cm³/mol. The Bertz CT molecular complexity index is 725. The summed E-state index contributed by atoms with van der Waals surface area (Å²) >= 11 is 6.31. The summed E-state index contributed by atoms with van der Waals surface area (Å²) in [5.74, 6) is 0.893. The van der Waals surface area contributed by atoms with Crippen LogP contribution in [0.4, 0.5) is 5.69 Å². The fourth-order valence-corrected chi connectivity index (χ4v) is 4.21.